The smallest absolute Gasteiger partial charge is 0.277 e. The predicted molar refractivity (Wildman–Crippen MR) is 98.2 cm³/mol. The molecule has 1 N–H and O–H groups in total. The summed E-state index contributed by atoms with van der Waals surface area (Å²) in [6, 6.07) is 21.1. The molecule has 0 heterocycles. The number of nitrogens with zero attached hydrogens (tertiary/aromatic N) is 1. The first-order chi connectivity index (χ1) is 12.2. The molecule has 0 aliphatic heterocycles. The SMILES string of the molecule is COc1ccc(OCC(=O)N/N=C/c2ccc3ccccc3c2)cc1. The number of nitrogens with one attached hydrogen (secondary N) is 1. The highest BCUT2D eigenvalue weighted by Gasteiger charge is 2.02. The third kappa shape index (κ3) is 4.57. The molecule has 3 rings (SSSR count). The predicted octanol–water partition coefficient (Wildman–Crippen LogP) is 3.38. The Bertz CT molecular complexity index is 889. The molecule has 0 aromatic heterocycles. The molecular weight excluding hydrogens is 316 g/mol. The first-order valence-electron chi connectivity index (χ1n) is 7.82. The minimum absolute atomic E-state index is 0.110. The van der Waals surface area contributed by atoms with Crippen LogP contribution in [0.1, 0.15) is 5.56 Å². The van der Waals surface area contributed by atoms with Crippen LogP contribution in [-0.4, -0.2) is 25.8 Å². The van der Waals surface area contributed by atoms with Gasteiger partial charge in [0.1, 0.15) is 11.5 Å². The van der Waals surface area contributed by atoms with Gasteiger partial charge in [-0.2, -0.15) is 5.10 Å². The fourth-order valence-corrected chi connectivity index (χ4v) is 2.32. The number of ether oxygens (including phenoxy) is 2. The fraction of sp³-hybridized carbons (Fsp3) is 0.100. The lowest BCUT2D eigenvalue weighted by atomic mass is 10.1. The molecule has 3 aromatic rings. The average molecular weight is 334 g/mol. The molecule has 0 saturated carbocycles. The molecule has 3 aromatic carbocycles. The normalized spacial score (nSPS) is 10.8. The highest BCUT2D eigenvalue weighted by atomic mass is 16.5. The monoisotopic (exact) mass is 334 g/mol. The van der Waals surface area contributed by atoms with Gasteiger partial charge in [0.05, 0.1) is 13.3 Å². The van der Waals surface area contributed by atoms with Gasteiger partial charge in [0.25, 0.3) is 5.91 Å². The zero-order valence-electron chi connectivity index (χ0n) is 13.8. The summed E-state index contributed by atoms with van der Waals surface area (Å²) in [5.41, 5.74) is 3.36. The van der Waals surface area contributed by atoms with Crippen LogP contribution in [-0.2, 0) is 4.79 Å². The van der Waals surface area contributed by atoms with Gasteiger partial charge in [0, 0.05) is 0 Å². The molecule has 0 aliphatic rings. The summed E-state index contributed by atoms with van der Waals surface area (Å²) in [6.07, 6.45) is 1.61. The number of hydrogen-bond donors (Lipinski definition) is 1. The number of hydrazone groups is 1. The van der Waals surface area contributed by atoms with E-state index in [1.807, 2.05) is 36.4 Å². The van der Waals surface area contributed by atoms with Crippen molar-refractivity contribution in [3.05, 3.63) is 72.3 Å². The van der Waals surface area contributed by atoms with Crippen LogP contribution in [0.5, 0.6) is 11.5 Å². The Hall–Kier alpha value is -3.34. The van der Waals surface area contributed by atoms with Crippen molar-refractivity contribution < 1.29 is 14.3 Å². The summed E-state index contributed by atoms with van der Waals surface area (Å²) >= 11 is 0. The van der Waals surface area contributed by atoms with Gasteiger partial charge in [-0.1, -0.05) is 36.4 Å². The molecule has 0 unspecified atom stereocenters. The summed E-state index contributed by atoms with van der Waals surface area (Å²) < 4.78 is 10.4. The van der Waals surface area contributed by atoms with Crippen molar-refractivity contribution >= 4 is 22.9 Å². The molecule has 126 valence electrons. The van der Waals surface area contributed by atoms with Crippen LogP contribution in [0.25, 0.3) is 10.8 Å². The van der Waals surface area contributed by atoms with Crippen molar-refractivity contribution in [1.82, 2.24) is 5.43 Å². The van der Waals surface area contributed by atoms with Gasteiger partial charge in [-0.25, -0.2) is 5.43 Å². The van der Waals surface area contributed by atoms with E-state index in [-0.39, 0.29) is 12.5 Å². The Labute approximate surface area is 145 Å². The minimum atomic E-state index is -0.326. The summed E-state index contributed by atoms with van der Waals surface area (Å²) in [7, 11) is 1.59. The molecule has 0 radical (unpaired) electrons. The zero-order valence-corrected chi connectivity index (χ0v) is 13.8. The molecular formula is C20H18N2O3. The largest absolute Gasteiger partial charge is 0.497 e. The molecule has 1 amide bonds. The Kier molecular flexibility index (Phi) is 5.26. The molecule has 5 heteroatoms. The van der Waals surface area contributed by atoms with Gasteiger partial charge in [-0.05, 0) is 46.7 Å². The van der Waals surface area contributed by atoms with Gasteiger partial charge in [0.15, 0.2) is 6.61 Å². The Morgan fingerprint density at radius 2 is 1.72 bits per heavy atom. The van der Waals surface area contributed by atoms with Gasteiger partial charge in [-0.3, -0.25) is 4.79 Å². The van der Waals surface area contributed by atoms with Crippen molar-refractivity contribution in [2.75, 3.05) is 13.7 Å². The first-order valence-corrected chi connectivity index (χ1v) is 7.82. The van der Waals surface area contributed by atoms with Crippen LogP contribution >= 0.6 is 0 Å². The highest BCUT2D eigenvalue weighted by Crippen LogP contribution is 2.17. The number of fused-ring (bicyclic) bond motifs is 1. The van der Waals surface area contributed by atoms with Crippen molar-refractivity contribution in [2.24, 2.45) is 5.10 Å². The summed E-state index contributed by atoms with van der Waals surface area (Å²) in [4.78, 5) is 11.8. The maximum Gasteiger partial charge on any atom is 0.277 e. The van der Waals surface area contributed by atoms with E-state index in [1.165, 1.54) is 0 Å². The van der Waals surface area contributed by atoms with Gasteiger partial charge in [-0.15, -0.1) is 0 Å². The van der Waals surface area contributed by atoms with Crippen LogP contribution in [0.4, 0.5) is 0 Å². The van der Waals surface area contributed by atoms with Crippen LogP contribution in [0, 0.1) is 0 Å². The third-order valence-electron chi connectivity index (χ3n) is 3.61. The minimum Gasteiger partial charge on any atom is -0.497 e. The quantitative estimate of drug-likeness (QED) is 0.555. The van der Waals surface area contributed by atoms with Crippen LogP contribution in [0.2, 0.25) is 0 Å². The first kappa shape index (κ1) is 16.5. The summed E-state index contributed by atoms with van der Waals surface area (Å²) in [5.74, 6) is 0.999. The summed E-state index contributed by atoms with van der Waals surface area (Å²) in [6.45, 7) is -0.110. The van der Waals surface area contributed by atoms with Crippen molar-refractivity contribution in [3.8, 4) is 11.5 Å². The number of methoxy groups -OCH3 is 1. The molecule has 0 fully saturated rings. The van der Waals surface area contributed by atoms with E-state index in [1.54, 1.807) is 37.6 Å². The number of carbonyl (C=O) groups is 1. The van der Waals surface area contributed by atoms with E-state index in [0.29, 0.717) is 5.75 Å². The second-order valence-corrected chi connectivity index (χ2v) is 5.36. The van der Waals surface area contributed by atoms with Gasteiger partial charge < -0.3 is 9.47 Å². The average Bonchev–Trinajstić information content (AvgIpc) is 2.66. The van der Waals surface area contributed by atoms with Gasteiger partial charge in [0.2, 0.25) is 0 Å². The maximum absolute atomic E-state index is 11.8. The van der Waals surface area contributed by atoms with E-state index in [0.717, 1.165) is 22.1 Å². The van der Waals surface area contributed by atoms with Crippen molar-refractivity contribution in [2.45, 2.75) is 0 Å². The van der Waals surface area contributed by atoms with Crippen molar-refractivity contribution in [1.29, 1.82) is 0 Å². The van der Waals surface area contributed by atoms with Crippen LogP contribution in [0.15, 0.2) is 71.8 Å². The second-order valence-electron chi connectivity index (χ2n) is 5.36. The zero-order chi connectivity index (χ0) is 17.5. The highest BCUT2D eigenvalue weighted by molar-refractivity contribution is 5.90. The Morgan fingerprint density at radius 3 is 2.48 bits per heavy atom. The molecule has 5 nitrogen and oxygen atoms in total. The number of amides is 1. The Balaban J connectivity index is 1.51. The van der Waals surface area contributed by atoms with Crippen LogP contribution < -0.4 is 14.9 Å². The number of hydrogen-bond acceptors (Lipinski definition) is 4. The molecule has 25 heavy (non-hydrogen) atoms. The molecule has 0 saturated heterocycles. The maximum atomic E-state index is 11.8. The topological polar surface area (TPSA) is 59.9 Å². The van der Waals surface area contributed by atoms with Crippen LogP contribution in [0.3, 0.4) is 0 Å². The number of benzene rings is 3. The van der Waals surface area contributed by atoms with Gasteiger partial charge >= 0.3 is 0 Å². The molecule has 0 spiro atoms. The van der Waals surface area contributed by atoms with Crippen molar-refractivity contribution in [3.63, 3.8) is 0 Å². The molecule has 0 bridgehead atoms. The van der Waals surface area contributed by atoms with E-state index >= 15 is 0 Å². The fourth-order valence-electron chi connectivity index (χ4n) is 2.32. The lowest BCUT2D eigenvalue weighted by Gasteiger charge is -2.06. The van der Waals surface area contributed by atoms with E-state index in [9.17, 15) is 4.79 Å². The standard InChI is InChI=1S/C20H18N2O3/c1-24-18-8-10-19(11-9-18)25-14-20(23)22-21-13-15-6-7-16-4-2-3-5-17(16)12-15/h2-13H,14H2,1H3,(H,22,23)/b21-13+. The van der Waals surface area contributed by atoms with E-state index < -0.39 is 0 Å². The molecule has 0 aliphatic carbocycles. The Morgan fingerprint density at radius 1 is 1.00 bits per heavy atom. The number of rotatable bonds is 6. The summed E-state index contributed by atoms with van der Waals surface area (Å²) in [5, 5.41) is 6.25. The van der Waals surface area contributed by atoms with E-state index in [4.69, 9.17) is 9.47 Å². The third-order valence-corrected chi connectivity index (χ3v) is 3.61. The lowest BCUT2D eigenvalue weighted by Crippen LogP contribution is -2.24. The second kappa shape index (κ2) is 7.97. The van der Waals surface area contributed by atoms with E-state index in [2.05, 4.69) is 16.6 Å². The number of carbonyl (C=O) groups excluding carboxylic acids is 1. The lowest BCUT2D eigenvalue weighted by molar-refractivity contribution is -0.123. The molecule has 0 atom stereocenters.